The average molecular weight is 267 g/mol. The Morgan fingerprint density at radius 2 is 1.89 bits per heavy atom. The second-order valence-corrected chi connectivity index (χ2v) is 7.47. The lowest BCUT2D eigenvalue weighted by Gasteiger charge is -2.48. The first-order valence-corrected chi connectivity index (χ1v) is 7.47. The minimum atomic E-state index is -0.0135. The fraction of sp³-hybridized carbons (Fsp3) is 0.933. The molecule has 19 heavy (non-hydrogen) atoms. The van der Waals surface area contributed by atoms with Crippen LogP contribution < -0.4 is 5.32 Å². The number of likely N-dealkylation sites (N-methyl/N-ethyl adjacent to an activating group) is 1. The first-order chi connectivity index (χ1) is 8.74. The summed E-state index contributed by atoms with van der Waals surface area (Å²) in [6.45, 7) is 12.5. The summed E-state index contributed by atoms with van der Waals surface area (Å²) in [5.41, 5.74) is 0.148. The molecule has 4 nitrogen and oxygen atoms in total. The number of carbonyl (C=O) groups is 1. The van der Waals surface area contributed by atoms with Gasteiger partial charge in [0.15, 0.2) is 0 Å². The zero-order valence-corrected chi connectivity index (χ0v) is 13.1. The highest BCUT2D eigenvalue weighted by atomic mass is 16.2. The van der Waals surface area contributed by atoms with Crippen LogP contribution in [-0.2, 0) is 4.79 Å². The zero-order valence-electron chi connectivity index (χ0n) is 13.1. The van der Waals surface area contributed by atoms with E-state index >= 15 is 0 Å². The fourth-order valence-electron chi connectivity index (χ4n) is 3.24. The maximum atomic E-state index is 12.8. The fourth-order valence-corrected chi connectivity index (χ4v) is 3.24. The third-order valence-corrected chi connectivity index (χ3v) is 5.00. The molecule has 2 aliphatic heterocycles. The average Bonchev–Trinajstić information content (AvgIpc) is 2.31. The number of nitrogens with one attached hydrogen (secondary N) is 1. The first kappa shape index (κ1) is 14.8. The molecule has 1 unspecified atom stereocenters. The molecule has 2 heterocycles. The van der Waals surface area contributed by atoms with Gasteiger partial charge in [-0.3, -0.25) is 9.69 Å². The Bertz CT molecular complexity index is 351. The summed E-state index contributed by atoms with van der Waals surface area (Å²) < 4.78 is 0. The third kappa shape index (κ3) is 2.95. The number of piperidine rings is 1. The molecule has 1 N–H and O–H groups in total. The van der Waals surface area contributed by atoms with Crippen molar-refractivity contribution >= 4 is 5.91 Å². The van der Waals surface area contributed by atoms with E-state index in [1.807, 2.05) is 0 Å². The van der Waals surface area contributed by atoms with E-state index in [2.05, 4.69) is 49.9 Å². The van der Waals surface area contributed by atoms with Gasteiger partial charge in [0.25, 0.3) is 0 Å². The highest BCUT2D eigenvalue weighted by Crippen LogP contribution is 2.32. The molecule has 1 amide bonds. The predicted octanol–water partition coefficient (Wildman–Crippen LogP) is 1.32. The van der Waals surface area contributed by atoms with Crippen molar-refractivity contribution in [2.75, 3.05) is 33.2 Å². The van der Waals surface area contributed by atoms with Crippen LogP contribution in [0.5, 0.6) is 0 Å². The van der Waals surface area contributed by atoms with Crippen molar-refractivity contribution in [1.29, 1.82) is 0 Å². The quantitative estimate of drug-likeness (QED) is 0.778. The Balaban J connectivity index is 2.07. The normalized spacial score (nSPS) is 31.2. The molecule has 2 saturated heterocycles. The Morgan fingerprint density at radius 1 is 1.21 bits per heavy atom. The van der Waals surface area contributed by atoms with Gasteiger partial charge in [-0.2, -0.15) is 0 Å². The molecule has 0 bridgehead atoms. The van der Waals surface area contributed by atoms with Gasteiger partial charge in [0.05, 0.1) is 6.04 Å². The van der Waals surface area contributed by atoms with E-state index in [1.165, 1.54) is 6.42 Å². The van der Waals surface area contributed by atoms with Crippen molar-refractivity contribution < 1.29 is 4.79 Å². The van der Waals surface area contributed by atoms with Crippen LogP contribution in [0.1, 0.15) is 40.5 Å². The van der Waals surface area contributed by atoms with Crippen LogP contribution in [0, 0.1) is 5.41 Å². The minimum absolute atomic E-state index is 0.0135. The van der Waals surface area contributed by atoms with Crippen LogP contribution in [0.25, 0.3) is 0 Å². The minimum Gasteiger partial charge on any atom is -0.338 e. The van der Waals surface area contributed by atoms with Crippen molar-refractivity contribution in [3.05, 3.63) is 0 Å². The standard InChI is InChI=1S/C15H29N3O/c1-14(2)7-6-8-16-12(14)13(19)18-10-9-17(5)15(3,4)11-18/h12,16H,6-11H2,1-5H3. The van der Waals surface area contributed by atoms with Gasteiger partial charge in [0, 0.05) is 25.2 Å². The van der Waals surface area contributed by atoms with E-state index in [1.54, 1.807) is 0 Å². The van der Waals surface area contributed by atoms with Gasteiger partial charge >= 0.3 is 0 Å². The molecule has 4 heteroatoms. The summed E-state index contributed by atoms with van der Waals surface area (Å²) in [4.78, 5) is 17.2. The molecule has 1 atom stereocenters. The van der Waals surface area contributed by atoms with Crippen LogP contribution in [0.15, 0.2) is 0 Å². The van der Waals surface area contributed by atoms with Crippen molar-refractivity contribution in [2.24, 2.45) is 5.41 Å². The van der Waals surface area contributed by atoms with Crippen LogP contribution in [-0.4, -0.2) is 60.5 Å². The summed E-state index contributed by atoms with van der Waals surface area (Å²) >= 11 is 0. The number of piperazine rings is 1. The van der Waals surface area contributed by atoms with Gasteiger partial charge in [0.1, 0.15) is 0 Å². The molecule has 0 aromatic heterocycles. The van der Waals surface area contributed by atoms with Crippen molar-refractivity contribution in [2.45, 2.75) is 52.1 Å². The summed E-state index contributed by atoms with van der Waals surface area (Å²) in [5, 5.41) is 3.44. The van der Waals surface area contributed by atoms with Crippen LogP contribution in [0.2, 0.25) is 0 Å². The third-order valence-electron chi connectivity index (χ3n) is 5.00. The Labute approximate surface area is 117 Å². The van der Waals surface area contributed by atoms with Gasteiger partial charge in [-0.1, -0.05) is 13.8 Å². The lowest BCUT2D eigenvalue weighted by atomic mass is 9.76. The molecule has 0 radical (unpaired) electrons. The highest BCUT2D eigenvalue weighted by Gasteiger charge is 2.42. The lowest BCUT2D eigenvalue weighted by molar-refractivity contribution is -0.142. The number of hydrogen-bond donors (Lipinski definition) is 1. The van der Waals surface area contributed by atoms with E-state index in [-0.39, 0.29) is 17.0 Å². The monoisotopic (exact) mass is 267 g/mol. The molecule has 2 aliphatic rings. The lowest BCUT2D eigenvalue weighted by Crippen LogP contribution is -2.64. The summed E-state index contributed by atoms with van der Waals surface area (Å²) in [5.74, 6) is 0.297. The molecule has 0 spiro atoms. The first-order valence-electron chi connectivity index (χ1n) is 7.47. The highest BCUT2D eigenvalue weighted by molar-refractivity contribution is 5.83. The van der Waals surface area contributed by atoms with Gasteiger partial charge < -0.3 is 10.2 Å². The summed E-state index contributed by atoms with van der Waals surface area (Å²) in [6.07, 6.45) is 2.30. The van der Waals surface area contributed by atoms with E-state index in [0.29, 0.717) is 5.91 Å². The van der Waals surface area contributed by atoms with Gasteiger partial charge in [-0.25, -0.2) is 0 Å². The maximum Gasteiger partial charge on any atom is 0.240 e. The Hall–Kier alpha value is -0.610. The Morgan fingerprint density at radius 3 is 2.47 bits per heavy atom. The largest absolute Gasteiger partial charge is 0.338 e. The summed E-state index contributed by atoms with van der Waals surface area (Å²) in [7, 11) is 2.14. The second kappa shape index (κ2) is 5.06. The van der Waals surface area contributed by atoms with E-state index in [4.69, 9.17) is 0 Å². The second-order valence-electron chi connectivity index (χ2n) is 7.47. The smallest absolute Gasteiger partial charge is 0.240 e. The van der Waals surface area contributed by atoms with Gasteiger partial charge in [-0.05, 0) is 45.7 Å². The van der Waals surface area contributed by atoms with Gasteiger partial charge in [0.2, 0.25) is 5.91 Å². The molecular weight excluding hydrogens is 238 g/mol. The molecule has 0 aromatic rings. The SMILES string of the molecule is CN1CCN(C(=O)C2NCCCC2(C)C)CC1(C)C. The van der Waals surface area contributed by atoms with E-state index < -0.39 is 0 Å². The Kier molecular flexibility index (Phi) is 3.94. The molecular formula is C15H29N3O. The van der Waals surface area contributed by atoms with Gasteiger partial charge in [-0.15, -0.1) is 0 Å². The molecule has 0 aliphatic carbocycles. The number of rotatable bonds is 1. The van der Waals surface area contributed by atoms with Crippen molar-refractivity contribution in [3.8, 4) is 0 Å². The van der Waals surface area contributed by atoms with Crippen LogP contribution in [0.3, 0.4) is 0 Å². The number of hydrogen-bond acceptors (Lipinski definition) is 3. The molecule has 2 rings (SSSR count). The summed E-state index contributed by atoms with van der Waals surface area (Å²) in [6, 6.07) is -0.0135. The van der Waals surface area contributed by atoms with Crippen LogP contribution in [0.4, 0.5) is 0 Å². The number of amides is 1. The molecule has 110 valence electrons. The van der Waals surface area contributed by atoms with Crippen molar-refractivity contribution in [3.63, 3.8) is 0 Å². The van der Waals surface area contributed by atoms with Crippen LogP contribution >= 0.6 is 0 Å². The molecule has 0 aromatic carbocycles. The topological polar surface area (TPSA) is 35.6 Å². The van der Waals surface area contributed by atoms with E-state index in [9.17, 15) is 4.79 Å². The molecule has 2 fully saturated rings. The number of carbonyl (C=O) groups excluding carboxylic acids is 1. The predicted molar refractivity (Wildman–Crippen MR) is 78.1 cm³/mol. The molecule has 0 saturated carbocycles. The van der Waals surface area contributed by atoms with Crippen molar-refractivity contribution in [1.82, 2.24) is 15.1 Å². The maximum absolute atomic E-state index is 12.8. The zero-order chi connectivity index (χ0) is 14.3. The van der Waals surface area contributed by atoms with E-state index in [0.717, 1.165) is 32.6 Å². The number of nitrogens with zero attached hydrogens (tertiary/aromatic N) is 2.